The SMILES string of the molecule is Nc1ccc(NS(=O)(=O)CCc2ccccn2)c(F)c1. The number of nitrogens with two attached hydrogens (primary N) is 1. The van der Waals surface area contributed by atoms with Crippen molar-refractivity contribution in [2.45, 2.75) is 6.42 Å². The van der Waals surface area contributed by atoms with Gasteiger partial charge in [-0.2, -0.15) is 0 Å². The first-order valence-corrected chi connectivity index (χ1v) is 7.57. The molecule has 2 aromatic rings. The van der Waals surface area contributed by atoms with E-state index in [0.29, 0.717) is 5.69 Å². The number of rotatable bonds is 5. The lowest BCUT2D eigenvalue weighted by molar-refractivity contribution is 0.597. The molecule has 0 spiro atoms. The van der Waals surface area contributed by atoms with Crippen LogP contribution in [0.2, 0.25) is 0 Å². The minimum atomic E-state index is -3.64. The van der Waals surface area contributed by atoms with Gasteiger partial charge in [0.1, 0.15) is 5.82 Å². The highest BCUT2D eigenvalue weighted by atomic mass is 32.2. The van der Waals surface area contributed by atoms with Crippen LogP contribution in [-0.4, -0.2) is 19.2 Å². The van der Waals surface area contributed by atoms with Crippen LogP contribution in [0.3, 0.4) is 0 Å². The van der Waals surface area contributed by atoms with Crippen molar-refractivity contribution in [1.29, 1.82) is 0 Å². The fourth-order valence-electron chi connectivity index (χ4n) is 1.62. The van der Waals surface area contributed by atoms with E-state index in [9.17, 15) is 12.8 Å². The van der Waals surface area contributed by atoms with Crippen LogP contribution in [0.15, 0.2) is 42.6 Å². The number of nitrogen functional groups attached to an aromatic ring is 1. The highest BCUT2D eigenvalue weighted by molar-refractivity contribution is 7.92. The quantitative estimate of drug-likeness (QED) is 0.823. The Kier molecular flexibility index (Phi) is 4.19. The zero-order valence-electron chi connectivity index (χ0n) is 10.6. The third-order valence-electron chi connectivity index (χ3n) is 2.61. The van der Waals surface area contributed by atoms with Gasteiger partial charge in [0.2, 0.25) is 10.0 Å². The number of benzene rings is 1. The Hall–Kier alpha value is -2.15. The minimum absolute atomic E-state index is 0.111. The van der Waals surface area contributed by atoms with Crippen LogP contribution < -0.4 is 10.5 Å². The van der Waals surface area contributed by atoms with Crippen molar-refractivity contribution in [3.8, 4) is 0 Å². The van der Waals surface area contributed by atoms with Crippen molar-refractivity contribution in [3.05, 3.63) is 54.1 Å². The molecule has 1 aromatic carbocycles. The first-order chi connectivity index (χ1) is 9.46. The molecule has 0 amide bonds. The average molecular weight is 295 g/mol. The minimum Gasteiger partial charge on any atom is -0.399 e. The summed E-state index contributed by atoms with van der Waals surface area (Å²) in [4.78, 5) is 4.04. The number of aryl methyl sites for hydroxylation is 1. The molecule has 0 aliphatic carbocycles. The Morgan fingerprint density at radius 3 is 2.70 bits per heavy atom. The highest BCUT2D eigenvalue weighted by Gasteiger charge is 2.13. The van der Waals surface area contributed by atoms with Crippen LogP contribution in [0.5, 0.6) is 0 Å². The molecule has 0 saturated carbocycles. The summed E-state index contributed by atoms with van der Waals surface area (Å²) in [6.07, 6.45) is 1.85. The van der Waals surface area contributed by atoms with E-state index in [0.717, 1.165) is 6.07 Å². The normalized spacial score (nSPS) is 11.2. The molecule has 20 heavy (non-hydrogen) atoms. The maximum Gasteiger partial charge on any atom is 0.233 e. The molecule has 5 nitrogen and oxygen atoms in total. The molecule has 0 atom stereocenters. The number of nitrogens with one attached hydrogen (secondary N) is 1. The van der Waals surface area contributed by atoms with Crippen LogP contribution in [-0.2, 0) is 16.4 Å². The second kappa shape index (κ2) is 5.87. The van der Waals surface area contributed by atoms with Gasteiger partial charge < -0.3 is 5.73 Å². The number of aromatic nitrogens is 1. The van der Waals surface area contributed by atoms with Gasteiger partial charge in [-0.25, -0.2) is 12.8 Å². The fraction of sp³-hybridized carbons (Fsp3) is 0.154. The second-order valence-electron chi connectivity index (χ2n) is 4.23. The van der Waals surface area contributed by atoms with E-state index in [-0.39, 0.29) is 23.5 Å². The summed E-state index contributed by atoms with van der Waals surface area (Å²) in [5.41, 5.74) is 6.19. The molecule has 2 rings (SSSR count). The molecular formula is C13H14FN3O2S. The topological polar surface area (TPSA) is 85.1 Å². The molecule has 0 aliphatic heterocycles. The largest absolute Gasteiger partial charge is 0.399 e. The molecule has 0 unspecified atom stereocenters. The first-order valence-electron chi connectivity index (χ1n) is 5.92. The molecule has 1 heterocycles. The third kappa shape index (κ3) is 3.92. The molecule has 3 N–H and O–H groups in total. The predicted molar refractivity (Wildman–Crippen MR) is 76.2 cm³/mol. The standard InChI is InChI=1S/C13H14FN3O2S/c14-12-9-10(15)4-5-13(12)17-20(18,19)8-6-11-3-1-2-7-16-11/h1-5,7,9,17H,6,8,15H2. The monoisotopic (exact) mass is 295 g/mol. The molecule has 0 saturated heterocycles. The van der Waals surface area contributed by atoms with Crippen LogP contribution in [0.25, 0.3) is 0 Å². The van der Waals surface area contributed by atoms with Crippen LogP contribution in [0.4, 0.5) is 15.8 Å². The highest BCUT2D eigenvalue weighted by Crippen LogP contribution is 2.18. The Labute approximate surface area is 116 Å². The van der Waals surface area contributed by atoms with E-state index in [4.69, 9.17) is 5.73 Å². The van der Waals surface area contributed by atoms with Crippen LogP contribution >= 0.6 is 0 Å². The Morgan fingerprint density at radius 1 is 1.25 bits per heavy atom. The van der Waals surface area contributed by atoms with Crippen molar-refractivity contribution >= 4 is 21.4 Å². The summed E-state index contributed by atoms with van der Waals surface area (Å²) in [6, 6.07) is 9.06. The molecular weight excluding hydrogens is 281 g/mol. The number of hydrogen-bond acceptors (Lipinski definition) is 4. The van der Waals surface area contributed by atoms with Gasteiger partial charge in [-0.15, -0.1) is 0 Å². The molecule has 0 bridgehead atoms. The van der Waals surface area contributed by atoms with E-state index in [1.54, 1.807) is 24.4 Å². The van der Waals surface area contributed by atoms with E-state index in [2.05, 4.69) is 9.71 Å². The second-order valence-corrected chi connectivity index (χ2v) is 6.07. The molecule has 0 fully saturated rings. The molecule has 7 heteroatoms. The fourth-order valence-corrected chi connectivity index (χ4v) is 2.70. The maximum atomic E-state index is 13.5. The zero-order valence-corrected chi connectivity index (χ0v) is 11.4. The van der Waals surface area contributed by atoms with Crippen molar-refractivity contribution < 1.29 is 12.8 Å². The lowest BCUT2D eigenvalue weighted by Gasteiger charge is -2.09. The number of anilines is 2. The van der Waals surface area contributed by atoms with Gasteiger partial charge in [-0.1, -0.05) is 6.07 Å². The molecule has 1 aromatic heterocycles. The zero-order chi connectivity index (χ0) is 14.6. The van der Waals surface area contributed by atoms with E-state index < -0.39 is 15.8 Å². The first kappa shape index (κ1) is 14.3. The summed E-state index contributed by atoms with van der Waals surface area (Å²) in [5.74, 6) is -0.875. The van der Waals surface area contributed by atoms with Gasteiger partial charge in [0.25, 0.3) is 0 Å². The number of hydrogen-bond donors (Lipinski definition) is 2. The third-order valence-corrected chi connectivity index (χ3v) is 3.88. The summed E-state index contributed by atoms with van der Waals surface area (Å²) in [6.45, 7) is 0. The molecule has 106 valence electrons. The van der Waals surface area contributed by atoms with Gasteiger partial charge in [0, 0.05) is 24.0 Å². The number of halogens is 1. The van der Waals surface area contributed by atoms with Crippen molar-refractivity contribution in [2.24, 2.45) is 0 Å². The van der Waals surface area contributed by atoms with E-state index >= 15 is 0 Å². The van der Waals surface area contributed by atoms with Crippen molar-refractivity contribution in [3.63, 3.8) is 0 Å². The average Bonchev–Trinajstić information content (AvgIpc) is 2.41. The predicted octanol–water partition coefficient (Wildman–Crippen LogP) is 1.79. The molecule has 0 radical (unpaired) electrons. The summed E-state index contributed by atoms with van der Waals surface area (Å²) >= 11 is 0. The van der Waals surface area contributed by atoms with Crippen LogP contribution in [0, 0.1) is 5.82 Å². The lowest BCUT2D eigenvalue weighted by atomic mass is 10.3. The number of sulfonamides is 1. The van der Waals surface area contributed by atoms with E-state index in [1.807, 2.05) is 0 Å². The van der Waals surface area contributed by atoms with Crippen molar-refractivity contribution in [1.82, 2.24) is 4.98 Å². The van der Waals surface area contributed by atoms with Gasteiger partial charge in [0.05, 0.1) is 11.4 Å². The van der Waals surface area contributed by atoms with Crippen LogP contribution in [0.1, 0.15) is 5.69 Å². The summed E-state index contributed by atoms with van der Waals surface area (Å²) < 4.78 is 39.5. The van der Waals surface area contributed by atoms with Crippen molar-refractivity contribution in [2.75, 3.05) is 16.2 Å². The smallest absolute Gasteiger partial charge is 0.233 e. The van der Waals surface area contributed by atoms with Gasteiger partial charge in [-0.3, -0.25) is 9.71 Å². The Balaban J connectivity index is 2.04. The molecule has 0 aliphatic rings. The van der Waals surface area contributed by atoms with E-state index in [1.165, 1.54) is 12.1 Å². The summed E-state index contributed by atoms with van der Waals surface area (Å²) in [5, 5.41) is 0. The lowest BCUT2D eigenvalue weighted by Crippen LogP contribution is -2.19. The number of nitrogens with zero attached hydrogens (tertiary/aromatic N) is 1. The number of pyridine rings is 1. The van der Waals surface area contributed by atoms with Gasteiger partial charge >= 0.3 is 0 Å². The Morgan fingerprint density at radius 2 is 2.05 bits per heavy atom. The maximum absolute atomic E-state index is 13.5. The Bertz CT molecular complexity index is 690. The summed E-state index contributed by atoms with van der Waals surface area (Å²) in [7, 11) is -3.64. The van der Waals surface area contributed by atoms with Gasteiger partial charge in [0.15, 0.2) is 0 Å². The van der Waals surface area contributed by atoms with Gasteiger partial charge in [-0.05, 0) is 30.3 Å².